The number of aliphatic hydroxyl groups is 1. The first-order chi connectivity index (χ1) is 5.00. The lowest BCUT2D eigenvalue weighted by Gasteiger charge is -2.15. The van der Waals surface area contributed by atoms with Gasteiger partial charge in [0.1, 0.15) is 0 Å². The zero-order valence-electron chi connectivity index (χ0n) is 6.27. The Labute approximate surface area is 63.5 Å². The van der Waals surface area contributed by atoms with E-state index in [2.05, 4.69) is 10.6 Å². The number of hydrogen-bond donors (Lipinski definition) is 2. The molecule has 0 aromatic carbocycles. The third-order valence-electron chi connectivity index (χ3n) is 1.09. The number of amides is 2. The van der Waals surface area contributed by atoms with Crippen LogP contribution < -0.4 is 5.73 Å². The average Bonchev–Trinajstić information content (AvgIpc) is 2.00. The molecule has 0 saturated carbocycles. The monoisotopic (exact) mass is 162 g/mol. The largest absolute Gasteiger partial charge is 0.375 e. The van der Waals surface area contributed by atoms with Crippen LogP contribution in [0.3, 0.4) is 0 Å². The van der Waals surface area contributed by atoms with E-state index in [1.54, 1.807) is 0 Å². The van der Waals surface area contributed by atoms with Crippen LogP contribution in [-0.2, 0) is 14.4 Å². The van der Waals surface area contributed by atoms with Crippen molar-refractivity contribution in [1.29, 1.82) is 0 Å². The highest BCUT2D eigenvalue weighted by atomic mass is 16.7. The number of likely N-dealkylation sites (N-methyl/N-ethyl adjacent to an activating group) is 1. The Morgan fingerprint density at radius 2 is 2.09 bits per heavy atom. The molecule has 0 fully saturated rings. The highest BCUT2D eigenvalue weighted by molar-refractivity contribution is 6.01. The number of aliphatic hydroxyl groups excluding tert-OH is 1. The van der Waals surface area contributed by atoms with Crippen LogP contribution >= 0.6 is 0 Å². The second-order valence-corrected chi connectivity index (χ2v) is 1.82. The maximum absolute atomic E-state index is 10.8. The Hall–Kier alpha value is -1.14. The number of nitrogens with two attached hydrogens (primary N) is 1. The van der Waals surface area contributed by atoms with Gasteiger partial charge in [-0.3, -0.25) is 14.4 Å². The van der Waals surface area contributed by atoms with Crippen molar-refractivity contribution in [2.24, 2.45) is 5.73 Å². The smallest absolute Gasteiger partial charge is 0.284 e. The van der Waals surface area contributed by atoms with Gasteiger partial charge in [-0.05, 0) is 0 Å². The highest BCUT2D eigenvalue weighted by Crippen LogP contribution is 1.90. The number of carbonyl (C=O) groups is 2. The van der Waals surface area contributed by atoms with Crippen molar-refractivity contribution < 1.29 is 19.5 Å². The molecule has 0 heterocycles. The van der Waals surface area contributed by atoms with Crippen LogP contribution in [0.5, 0.6) is 0 Å². The number of primary amides is 1. The van der Waals surface area contributed by atoms with Crippen LogP contribution in [0.2, 0.25) is 0 Å². The van der Waals surface area contributed by atoms with E-state index in [1.807, 2.05) is 0 Å². The maximum Gasteiger partial charge on any atom is 0.284 e. The van der Waals surface area contributed by atoms with Gasteiger partial charge in [-0.15, -0.1) is 0 Å². The molecule has 11 heavy (non-hydrogen) atoms. The second-order valence-electron chi connectivity index (χ2n) is 1.82. The SMILES string of the molecule is CON(C)C(=O)C(O)C(N)=O. The summed E-state index contributed by atoms with van der Waals surface area (Å²) < 4.78 is 0. The fraction of sp³-hybridized carbons (Fsp3) is 0.600. The van der Waals surface area contributed by atoms with E-state index in [1.165, 1.54) is 14.2 Å². The molecule has 64 valence electrons. The standard InChI is InChI=1S/C5H10N2O4/c1-7(11-2)5(10)3(8)4(6)9/h3,8H,1-2H3,(H2,6,9). The van der Waals surface area contributed by atoms with E-state index in [-0.39, 0.29) is 0 Å². The van der Waals surface area contributed by atoms with E-state index in [4.69, 9.17) is 5.11 Å². The molecule has 6 heteroatoms. The van der Waals surface area contributed by atoms with E-state index in [0.717, 1.165) is 5.06 Å². The fourth-order valence-corrected chi connectivity index (χ4v) is 0.384. The van der Waals surface area contributed by atoms with Crippen molar-refractivity contribution in [2.45, 2.75) is 6.10 Å². The van der Waals surface area contributed by atoms with Crippen LogP contribution in [0.1, 0.15) is 0 Å². The fourth-order valence-electron chi connectivity index (χ4n) is 0.384. The van der Waals surface area contributed by atoms with E-state index >= 15 is 0 Å². The molecule has 0 spiro atoms. The normalized spacial score (nSPS) is 12.3. The number of nitrogens with zero attached hydrogens (tertiary/aromatic N) is 1. The van der Waals surface area contributed by atoms with Crippen LogP contribution in [0, 0.1) is 0 Å². The lowest BCUT2D eigenvalue weighted by Crippen LogP contribution is -2.43. The van der Waals surface area contributed by atoms with Crippen molar-refractivity contribution in [3.63, 3.8) is 0 Å². The third kappa shape index (κ3) is 2.52. The molecule has 1 unspecified atom stereocenters. The summed E-state index contributed by atoms with van der Waals surface area (Å²) in [6, 6.07) is 0. The minimum Gasteiger partial charge on any atom is -0.375 e. The Morgan fingerprint density at radius 3 is 2.36 bits per heavy atom. The molecular weight excluding hydrogens is 152 g/mol. The molecule has 6 nitrogen and oxygen atoms in total. The summed E-state index contributed by atoms with van der Waals surface area (Å²) in [6.45, 7) is 0. The topological polar surface area (TPSA) is 92.9 Å². The van der Waals surface area contributed by atoms with Gasteiger partial charge >= 0.3 is 0 Å². The first-order valence-electron chi connectivity index (χ1n) is 2.79. The molecule has 0 aliphatic heterocycles. The van der Waals surface area contributed by atoms with E-state index in [9.17, 15) is 9.59 Å². The van der Waals surface area contributed by atoms with Crippen molar-refractivity contribution >= 4 is 11.8 Å². The Bertz CT molecular complexity index is 170. The van der Waals surface area contributed by atoms with Crippen molar-refractivity contribution in [2.75, 3.05) is 14.2 Å². The van der Waals surface area contributed by atoms with E-state index in [0.29, 0.717) is 0 Å². The van der Waals surface area contributed by atoms with Crippen molar-refractivity contribution in [1.82, 2.24) is 5.06 Å². The first kappa shape index (κ1) is 9.86. The average molecular weight is 162 g/mol. The van der Waals surface area contributed by atoms with E-state index < -0.39 is 17.9 Å². The summed E-state index contributed by atoms with van der Waals surface area (Å²) in [5.74, 6) is -1.99. The van der Waals surface area contributed by atoms with Gasteiger partial charge in [-0.25, -0.2) is 5.06 Å². The van der Waals surface area contributed by atoms with Gasteiger partial charge in [0, 0.05) is 7.05 Å². The highest BCUT2D eigenvalue weighted by Gasteiger charge is 2.24. The molecule has 2 amide bonds. The van der Waals surface area contributed by atoms with Gasteiger partial charge in [-0.2, -0.15) is 0 Å². The molecule has 0 aliphatic rings. The van der Waals surface area contributed by atoms with Gasteiger partial charge in [0.25, 0.3) is 11.8 Å². The summed E-state index contributed by atoms with van der Waals surface area (Å²) in [6.07, 6.45) is -1.83. The molecule has 0 saturated heterocycles. The Morgan fingerprint density at radius 1 is 1.64 bits per heavy atom. The van der Waals surface area contributed by atoms with Crippen molar-refractivity contribution in [3.8, 4) is 0 Å². The van der Waals surface area contributed by atoms with Crippen molar-refractivity contribution in [3.05, 3.63) is 0 Å². The number of hydroxylamine groups is 2. The number of hydrogen-bond acceptors (Lipinski definition) is 4. The van der Waals surface area contributed by atoms with Crippen LogP contribution in [0.4, 0.5) is 0 Å². The third-order valence-corrected chi connectivity index (χ3v) is 1.09. The lowest BCUT2D eigenvalue weighted by atomic mass is 10.3. The van der Waals surface area contributed by atoms with Gasteiger partial charge in [-0.1, -0.05) is 0 Å². The molecule has 0 radical (unpaired) electrons. The summed E-state index contributed by atoms with van der Waals surface area (Å²) >= 11 is 0. The molecular formula is C5H10N2O4. The zero-order chi connectivity index (χ0) is 9.02. The van der Waals surface area contributed by atoms with Crippen LogP contribution in [0.25, 0.3) is 0 Å². The molecule has 0 rings (SSSR count). The zero-order valence-corrected chi connectivity index (χ0v) is 6.27. The first-order valence-corrected chi connectivity index (χ1v) is 2.79. The molecule has 1 atom stereocenters. The minimum atomic E-state index is -1.83. The molecule has 0 bridgehead atoms. The predicted octanol–water partition coefficient (Wildman–Crippen LogP) is -2.15. The van der Waals surface area contributed by atoms with Crippen LogP contribution in [-0.4, -0.2) is 42.2 Å². The quantitative estimate of drug-likeness (QED) is 0.365. The number of rotatable bonds is 3. The van der Waals surface area contributed by atoms with Gasteiger partial charge < -0.3 is 10.8 Å². The summed E-state index contributed by atoms with van der Waals surface area (Å²) in [4.78, 5) is 25.4. The second kappa shape index (κ2) is 3.89. The summed E-state index contributed by atoms with van der Waals surface area (Å²) in [5, 5.41) is 9.47. The molecule has 0 aromatic heterocycles. The van der Waals surface area contributed by atoms with Gasteiger partial charge in [0.15, 0.2) is 0 Å². The predicted molar refractivity (Wildman–Crippen MR) is 35.0 cm³/mol. The minimum absolute atomic E-state index is 0.718. The Kier molecular flexibility index (Phi) is 3.49. The summed E-state index contributed by atoms with van der Waals surface area (Å²) in [7, 11) is 2.49. The van der Waals surface area contributed by atoms with Gasteiger partial charge in [0.2, 0.25) is 6.10 Å². The van der Waals surface area contributed by atoms with Crippen LogP contribution in [0.15, 0.2) is 0 Å². The molecule has 3 N–H and O–H groups in total. The lowest BCUT2D eigenvalue weighted by molar-refractivity contribution is -0.179. The number of carbonyl (C=O) groups excluding carboxylic acids is 2. The van der Waals surface area contributed by atoms with Gasteiger partial charge in [0.05, 0.1) is 7.11 Å². The molecule has 0 aromatic rings. The maximum atomic E-state index is 10.8. The Balaban J connectivity index is 4.13. The molecule has 0 aliphatic carbocycles. The summed E-state index contributed by atoms with van der Waals surface area (Å²) in [5.41, 5.74) is 4.64.